The molecule has 3 aromatic carbocycles. The summed E-state index contributed by atoms with van der Waals surface area (Å²) in [5.74, 6) is 0.0819. The quantitative estimate of drug-likeness (QED) is 0.275. The zero-order valence-corrected chi connectivity index (χ0v) is 20.0. The van der Waals surface area contributed by atoms with Crippen LogP contribution in [0.25, 0.3) is 11.1 Å². The average molecular weight is 480 g/mol. The molecule has 0 saturated heterocycles. The Kier molecular flexibility index (Phi) is 7.70. The molecule has 3 aromatic rings. The Morgan fingerprint density at radius 1 is 1.03 bits per heavy atom. The zero-order valence-electron chi connectivity index (χ0n) is 19.2. The van der Waals surface area contributed by atoms with Gasteiger partial charge in [-0.15, -0.1) is 0 Å². The molecule has 178 valence electrons. The lowest BCUT2D eigenvalue weighted by atomic mass is 10.1. The number of nitrogens with zero attached hydrogens (tertiary/aromatic N) is 1. The maximum absolute atomic E-state index is 12.8. The van der Waals surface area contributed by atoms with Crippen molar-refractivity contribution in [3.8, 4) is 11.1 Å². The summed E-state index contributed by atoms with van der Waals surface area (Å²) in [5.41, 5.74) is 8.79. The number of amidine groups is 1. The van der Waals surface area contributed by atoms with Gasteiger partial charge in [0, 0.05) is 29.0 Å². The van der Waals surface area contributed by atoms with E-state index in [9.17, 15) is 13.2 Å². The first-order valence-electron chi connectivity index (χ1n) is 10.8. The topological polar surface area (TPSA) is 142 Å². The Bertz CT molecular complexity index is 1290. The van der Waals surface area contributed by atoms with E-state index in [-0.39, 0.29) is 23.2 Å². The molecule has 8 nitrogen and oxygen atoms in total. The van der Waals surface area contributed by atoms with Gasteiger partial charge in [-0.2, -0.15) is 0 Å². The molecule has 0 bridgehead atoms. The van der Waals surface area contributed by atoms with E-state index in [0.29, 0.717) is 34.8 Å². The molecule has 3 rings (SSSR count). The van der Waals surface area contributed by atoms with E-state index < -0.39 is 10.0 Å². The van der Waals surface area contributed by atoms with Crippen LogP contribution in [0.3, 0.4) is 0 Å². The molecule has 0 spiro atoms. The van der Waals surface area contributed by atoms with E-state index >= 15 is 0 Å². The number of primary sulfonamides is 1. The second-order valence-corrected chi connectivity index (χ2v) is 9.93. The van der Waals surface area contributed by atoms with E-state index in [1.807, 2.05) is 17.0 Å². The Labute approximate surface area is 200 Å². The Morgan fingerprint density at radius 3 is 2.32 bits per heavy atom. The Hall–Kier alpha value is -3.69. The smallest absolute Gasteiger partial charge is 0.243 e. The lowest BCUT2D eigenvalue weighted by Crippen LogP contribution is -2.36. The van der Waals surface area contributed by atoms with Gasteiger partial charge in [-0.3, -0.25) is 10.2 Å². The molecule has 0 saturated carbocycles. The van der Waals surface area contributed by atoms with Gasteiger partial charge in [-0.1, -0.05) is 56.3 Å². The second-order valence-electron chi connectivity index (χ2n) is 8.41. The van der Waals surface area contributed by atoms with Crippen LogP contribution >= 0.6 is 0 Å². The molecule has 0 radical (unpaired) electrons. The number of nitrogens with one attached hydrogen (secondary N) is 2. The van der Waals surface area contributed by atoms with Crippen molar-refractivity contribution in [3.63, 3.8) is 0 Å². The molecule has 1 amide bonds. The Morgan fingerprint density at radius 2 is 1.71 bits per heavy atom. The first-order valence-corrected chi connectivity index (χ1v) is 12.3. The lowest BCUT2D eigenvalue weighted by Gasteiger charge is -2.26. The van der Waals surface area contributed by atoms with Gasteiger partial charge in [0.15, 0.2) is 0 Å². The minimum Gasteiger partial charge on any atom is -0.384 e. The van der Waals surface area contributed by atoms with Gasteiger partial charge in [0.1, 0.15) is 5.84 Å². The van der Waals surface area contributed by atoms with Crippen LogP contribution in [0.15, 0.2) is 77.7 Å². The number of hydrogen-bond acceptors (Lipinski definition) is 5. The molecule has 34 heavy (non-hydrogen) atoms. The van der Waals surface area contributed by atoms with Crippen LogP contribution in [0.1, 0.15) is 19.4 Å². The summed E-state index contributed by atoms with van der Waals surface area (Å²) in [6, 6.07) is 20.7. The highest BCUT2D eigenvalue weighted by atomic mass is 32.2. The highest BCUT2D eigenvalue weighted by Gasteiger charge is 2.16. The number of nitrogens with two attached hydrogens (primary N) is 2. The van der Waals surface area contributed by atoms with E-state index in [4.69, 9.17) is 16.3 Å². The molecule has 0 unspecified atom stereocenters. The van der Waals surface area contributed by atoms with Crippen LogP contribution in [0.4, 0.5) is 11.4 Å². The first kappa shape index (κ1) is 24.9. The van der Waals surface area contributed by atoms with Gasteiger partial charge in [0.25, 0.3) is 0 Å². The molecule has 0 aliphatic heterocycles. The number of carbonyl (C=O) groups is 1. The third kappa shape index (κ3) is 6.43. The van der Waals surface area contributed by atoms with Gasteiger partial charge in [0.2, 0.25) is 15.9 Å². The van der Waals surface area contributed by atoms with E-state index in [0.717, 1.165) is 5.69 Å². The monoisotopic (exact) mass is 479 g/mol. The van der Waals surface area contributed by atoms with Crippen molar-refractivity contribution in [2.24, 2.45) is 16.8 Å². The number of anilines is 2. The van der Waals surface area contributed by atoms with Crippen LogP contribution < -0.4 is 21.1 Å². The van der Waals surface area contributed by atoms with Crippen molar-refractivity contribution < 1.29 is 13.2 Å². The summed E-state index contributed by atoms with van der Waals surface area (Å²) >= 11 is 0. The number of sulfonamides is 1. The van der Waals surface area contributed by atoms with E-state index in [2.05, 4.69) is 19.2 Å². The summed E-state index contributed by atoms with van der Waals surface area (Å²) in [7, 11) is -3.87. The average Bonchev–Trinajstić information content (AvgIpc) is 2.78. The molecule has 6 N–H and O–H groups in total. The SMILES string of the molecule is CC(C)CN(CC(=O)Nc1ccc(-c2ccccc2S(N)(=O)=O)cc1)c1cccc(C(=N)N)c1. The van der Waals surface area contributed by atoms with Crippen LogP contribution in [-0.4, -0.2) is 33.3 Å². The van der Waals surface area contributed by atoms with Gasteiger partial charge < -0.3 is 16.0 Å². The molecular weight excluding hydrogens is 450 g/mol. The predicted molar refractivity (Wildman–Crippen MR) is 136 cm³/mol. The van der Waals surface area contributed by atoms with Gasteiger partial charge >= 0.3 is 0 Å². The number of hydrogen-bond donors (Lipinski definition) is 4. The third-order valence-electron chi connectivity index (χ3n) is 5.12. The summed E-state index contributed by atoms with van der Waals surface area (Å²) in [4.78, 5) is 14.8. The van der Waals surface area contributed by atoms with Crippen molar-refractivity contribution in [1.29, 1.82) is 5.41 Å². The zero-order chi connectivity index (χ0) is 24.9. The number of benzene rings is 3. The maximum Gasteiger partial charge on any atom is 0.243 e. The fourth-order valence-electron chi connectivity index (χ4n) is 3.63. The van der Waals surface area contributed by atoms with Crippen LogP contribution in [-0.2, 0) is 14.8 Å². The third-order valence-corrected chi connectivity index (χ3v) is 6.08. The molecule has 0 fully saturated rings. The van der Waals surface area contributed by atoms with Crippen LogP contribution in [0, 0.1) is 11.3 Å². The predicted octanol–water partition coefficient (Wildman–Crippen LogP) is 3.39. The van der Waals surface area contributed by atoms with Crippen molar-refractivity contribution in [2.45, 2.75) is 18.7 Å². The largest absolute Gasteiger partial charge is 0.384 e. The van der Waals surface area contributed by atoms with E-state index in [1.165, 1.54) is 6.07 Å². The molecule has 9 heteroatoms. The second kappa shape index (κ2) is 10.5. The maximum atomic E-state index is 12.8. The summed E-state index contributed by atoms with van der Waals surface area (Å²) in [5, 5.41) is 15.9. The van der Waals surface area contributed by atoms with E-state index in [1.54, 1.807) is 54.6 Å². The number of amides is 1. The van der Waals surface area contributed by atoms with Crippen LogP contribution in [0.2, 0.25) is 0 Å². The summed E-state index contributed by atoms with van der Waals surface area (Å²) in [6.07, 6.45) is 0. The fourth-order valence-corrected chi connectivity index (χ4v) is 4.39. The highest BCUT2D eigenvalue weighted by molar-refractivity contribution is 7.89. The molecule has 0 heterocycles. The standard InChI is InChI=1S/C25H29N5O3S/c1-17(2)15-30(21-7-5-6-19(14-21)25(26)27)16-24(31)29-20-12-10-18(11-13-20)22-8-3-4-9-23(22)34(28,32)33/h3-14,17H,15-16H2,1-2H3,(H3,26,27)(H,29,31)(H2,28,32,33). The fraction of sp³-hybridized carbons (Fsp3) is 0.200. The highest BCUT2D eigenvalue weighted by Crippen LogP contribution is 2.27. The Balaban J connectivity index is 1.76. The minimum atomic E-state index is -3.87. The molecular formula is C25H29N5O3S. The lowest BCUT2D eigenvalue weighted by molar-refractivity contribution is -0.115. The molecule has 0 aliphatic carbocycles. The van der Waals surface area contributed by atoms with Gasteiger partial charge in [-0.05, 0) is 41.8 Å². The summed E-state index contributed by atoms with van der Waals surface area (Å²) in [6.45, 7) is 4.91. The number of nitrogen functional groups attached to an aromatic ring is 1. The van der Waals surface area contributed by atoms with Crippen molar-refractivity contribution >= 4 is 33.1 Å². The first-order chi connectivity index (χ1) is 16.0. The molecule has 0 atom stereocenters. The normalized spacial score (nSPS) is 11.3. The van der Waals surface area contributed by atoms with Crippen LogP contribution in [0.5, 0.6) is 0 Å². The van der Waals surface area contributed by atoms with Crippen molar-refractivity contribution in [3.05, 3.63) is 78.4 Å². The number of carbonyl (C=O) groups excluding carboxylic acids is 1. The molecule has 0 aliphatic rings. The summed E-state index contributed by atoms with van der Waals surface area (Å²) < 4.78 is 23.8. The van der Waals surface area contributed by atoms with Gasteiger partial charge in [-0.25, -0.2) is 13.6 Å². The number of rotatable bonds is 9. The molecule has 0 aromatic heterocycles. The van der Waals surface area contributed by atoms with Crippen molar-refractivity contribution in [2.75, 3.05) is 23.3 Å². The minimum absolute atomic E-state index is 0.0279. The van der Waals surface area contributed by atoms with Gasteiger partial charge in [0.05, 0.1) is 11.4 Å². The van der Waals surface area contributed by atoms with Crippen molar-refractivity contribution in [1.82, 2.24) is 0 Å².